The lowest BCUT2D eigenvalue weighted by Crippen LogP contribution is -2.19. The van der Waals surface area contributed by atoms with Gasteiger partial charge in [-0.15, -0.1) is 0 Å². The molecule has 29 heavy (non-hydrogen) atoms. The van der Waals surface area contributed by atoms with Crippen molar-refractivity contribution < 1.29 is 4.79 Å². The summed E-state index contributed by atoms with van der Waals surface area (Å²) in [6.07, 6.45) is 4.14. The summed E-state index contributed by atoms with van der Waals surface area (Å²) in [5, 5.41) is 4.09. The number of amides is 1. The molecular formula is C24H23N3OS. The number of rotatable bonds is 6. The van der Waals surface area contributed by atoms with E-state index in [4.69, 9.17) is 0 Å². The van der Waals surface area contributed by atoms with Crippen molar-refractivity contribution in [1.29, 1.82) is 0 Å². The SMILES string of the molecule is O=C(N/N=C\c1ccc(Sc2ccccc2)cc1)c1ccc(N2CCCC2)cc1. The van der Waals surface area contributed by atoms with Crippen molar-refractivity contribution in [2.75, 3.05) is 18.0 Å². The van der Waals surface area contributed by atoms with E-state index < -0.39 is 0 Å². The van der Waals surface area contributed by atoms with Crippen LogP contribution in [0.1, 0.15) is 28.8 Å². The van der Waals surface area contributed by atoms with Crippen LogP contribution in [0.4, 0.5) is 5.69 Å². The molecule has 3 aromatic rings. The molecule has 0 aromatic heterocycles. The highest BCUT2D eigenvalue weighted by atomic mass is 32.2. The minimum Gasteiger partial charge on any atom is -0.372 e. The molecule has 0 atom stereocenters. The summed E-state index contributed by atoms with van der Waals surface area (Å²) in [6, 6.07) is 26.1. The molecule has 4 nitrogen and oxygen atoms in total. The molecule has 1 heterocycles. The number of hydrazone groups is 1. The van der Waals surface area contributed by atoms with Crippen LogP contribution in [0.2, 0.25) is 0 Å². The molecule has 1 aliphatic heterocycles. The van der Waals surface area contributed by atoms with E-state index in [0.29, 0.717) is 5.56 Å². The van der Waals surface area contributed by atoms with Crippen LogP contribution in [-0.4, -0.2) is 25.2 Å². The largest absolute Gasteiger partial charge is 0.372 e. The van der Waals surface area contributed by atoms with Crippen molar-refractivity contribution in [3.63, 3.8) is 0 Å². The molecule has 146 valence electrons. The van der Waals surface area contributed by atoms with Crippen LogP contribution < -0.4 is 10.3 Å². The molecule has 0 aliphatic carbocycles. The Morgan fingerprint density at radius 3 is 2.21 bits per heavy atom. The van der Waals surface area contributed by atoms with Gasteiger partial charge in [0.25, 0.3) is 5.91 Å². The molecule has 0 bridgehead atoms. The number of nitrogens with one attached hydrogen (secondary N) is 1. The fraction of sp³-hybridized carbons (Fsp3) is 0.167. The van der Waals surface area contributed by atoms with Crippen LogP contribution in [0, 0.1) is 0 Å². The molecular weight excluding hydrogens is 378 g/mol. The molecule has 0 saturated carbocycles. The summed E-state index contributed by atoms with van der Waals surface area (Å²) in [7, 11) is 0. The number of hydrogen-bond donors (Lipinski definition) is 1. The molecule has 1 fully saturated rings. The topological polar surface area (TPSA) is 44.7 Å². The van der Waals surface area contributed by atoms with Gasteiger partial charge in [-0.1, -0.05) is 42.1 Å². The molecule has 0 radical (unpaired) electrons. The molecule has 0 spiro atoms. The Morgan fingerprint density at radius 1 is 0.862 bits per heavy atom. The molecule has 5 heteroatoms. The summed E-state index contributed by atoms with van der Waals surface area (Å²) >= 11 is 1.71. The molecule has 3 aromatic carbocycles. The van der Waals surface area contributed by atoms with Gasteiger partial charge in [-0.05, 0) is 66.9 Å². The van der Waals surface area contributed by atoms with Gasteiger partial charge in [-0.3, -0.25) is 4.79 Å². The predicted molar refractivity (Wildman–Crippen MR) is 120 cm³/mol. The highest BCUT2D eigenvalue weighted by molar-refractivity contribution is 7.99. The van der Waals surface area contributed by atoms with Gasteiger partial charge < -0.3 is 4.90 Å². The van der Waals surface area contributed by atoms with E-state index in [0.717, 1.165) is 23.5 Å². The van der Waals surface area contributed by atoms with Crippen LogP contribution >= 0.6 is 11.8 Å². The quantitative estimate of drug-likeness (QED) is 0.456. The molecule has 1 aliphatic rings. The summed E-state index contributed by atoms with van der Waals surface area (Å²) in [5.74, 6) is -0.203. The van der Waals surface area contributed by atoms with E-state index in [1.807, 2.05) is 54.6 Å². The third-order valence-electron chi connectivity index (χ3n) is 4.84. The zero-order valence-electron chi connectivity index (χ0n) is 16.1. The van der Waals surface area contributed by atoms with E-state index in [1.54, 1.807) is 18.0 Å². The Balaban J connectivity index is 1.30. The predicted octanol–water partition coefficient (Wildman–Crippen LogP) is 5.20. The maximum absolute atomic E-state index is 12.3. The van der Waals surface area contributed by atoms with Gasteiger partial charge in [-0.2, -0.15) is 5.10 Å². The molecule has 1 N–H and O–H groups in total. The standard InChI is InChI=1S/C24H23N3OS/c28-24(20-10-12-21(13-11-20)27-16-4-5-17-27)26-25-18-19-8-14-23(15-9-19)29-22-6-2-1-3-7-22/h1-3,6-15,18H,4-5,16-17H2,(H,26,28)/b25-18-. The van der Waals surface area contributed by atoms with Gasteiger partial charge >= 0.3 is 0 Å². The fourth-order valence-electron chi connectivity index (χ4n) is 3.28. The third-order valence-corrected chi connectivity index (χ3v) is 5.86. The van der Waals surface area contributed by atoms with Crippen molar-refractivity contribution in [3.05, 3.63) is 90.0 Å². The summed E-state index contributed by atoms with van der Waals surface area (Å²) in [4.78, 5) is 17.0. The number of hydrogen-bond acceptors (Lipinski definition) is 4. The molecule has 1 saturated heterocycles. The van der Waals surface area contributed by atoms with E-state index in [9.17, 15) is 4.79 Å². The Morgan fingerprint density at radius 2 is 1.52 bits per heavy atom. The maximum atomic E-state index is 12.3. The number of carbonyl (C=O) groups excluding carboxylic acids is 1. The highest BCUT2D eigenvalue weighted by Gasteiger charge is 2.12. The van der Waals surface area contributed by atoms with E-state index in [1.165, 1.54) is 23.4 Å². The van der Waals surface area contributed by atoms with Gasteiger partial charge in [0, 0.05) is 34.1 Å². The van der Waals surface area contributed by atoms with Gasteiger partial charge in [0.15, 0.2) is 0 Å². The lowest BCUT2D eigenvalue weighted by Gasteiger charge is -2.17. The first kappa shape index (κ1) is 19.3. The van der Waals surface area contributed by atoms with E-state index in [-0.39, 0.29) is 5.91 Å². The first-order chi connectivity index (χ1) is 14.3. The lowest BCUT2D eigenvalue weighted by atomic mass is 10.2. The average Bonchev–Trinajstić information content (AvgIpc) is 3.31. The number of nitrogens with zero attached hydrogens (tertiary/aromatic N) is 2. The van der Waals surface area contributed by atoms with E-state index in [2.05, 4.69) is 39.7 Å². The highest BCUT2D eigenvalue weighted by Crippen LogP contribution is 2.27. The fourth-order valence-corrected chi connectivity index (χ4v) is 4.11. The maximum Gasteiger partial charge on any atom is 0.271 e. The Labute approximate surface area is 175 Å². The second-order valence-corrected chi connectivity index (χ2v) is 8.07. The minimum absolute atomic E-state index is 0.203. The van der Waals surface area contributed by atoms with Crippen molar-refractivity contribution in [2.45, 2.75) is 22.6 Å². The van der Waals surface area contributed by atoms with Crippen molar-refractivity contribution >= 4 is 29.6 Å². The molecule has 1 amide bonds. The van der Waals surface area contributed by atoms with E-state index >= 15 is 0 Å². The van der Waals surface area contributed by atoms with Gasteiger partial charge in [-0.25, -0.2) is 5.43 Å². The smallest absolute Gasteiger partial charge is 0.271 e. The Kier molecular flexibility index (Phi) is 6.27. The third kappa shape index (κ3) is 5.27. The van der Waals surface area contributed by atoms with Crippen molar-refractivity contribution in [3.8, 4) is 0 Å². The number of carbonyl (C=O) groups is 1. The zero-order valence-corrected chi connectivity index (χ0v) is 16.9. The monoisotopic (exact) mass is 401 g/mol. The molecule has 0 unspecified atom stereocenters. The van der Waals surface area contributed by atoms with Crippen molar-refractivity contribution in [2.24, 2.45) is 5.10 Å². The average molecular weight is 402 g/mol. The zero-order chi connectivity index (χ0) is 19.9. The van der Waals surface area contributed by atoms with Gasteiger partial charge in [0.2, 0.25) is 0 Å². The van der Waals surface area contributed by atoms with Crippen LogP contribution in [0.5, 0.6) is 0 Å². The minimum atomic E-state index is -0.203. The normalized spacial score (nSPS) is 13.7. The Bertz CT molecular complexity index is 963. The van der Waals surface area contributed by atoms with Crippen molar-refractivity contribution in [1.82, 2.24) is 5.43 Å². The van der Waals surface area contributed by atoms with Crippen LogP contribution in [-0.2, 0) is 0 Å². The van der Waals surface area contributed by atoms with Gasteiger partial charge in [0.05, 0.1) is 6.21 Å². The summed E-state index contributed by atoms with van der Waals surface area (Å²) < 4.78 is 0. The first-order valence-electron chi connectivity index (χ1n) is 9.79. The second kappa shape index (κ2) is 9.43. The van der Waals surface area contributed by atoms with Crippen LogP contribution in [0.15, 0.2) is 93.8 Å². The number of benzene rings is 3. The summed E-state index contributed by atoms with van der Waals surface area (Å²) in [6.45, 7) is 2.19. The second-order valence-electron chi connectivity index (χ2n) is 6.92. The lowest BCUT2D eigenvalue weighted by molar-refractivity contribution is 0.0955. The molecule has 4 rings (SSSR count). The summed E-state index contributed by atoms with van der Waals surface area (Å²) in [5.41, 5.74) is 5.33. The van der Waals surface area contributed by atoms with Crippen LogP contribution in [0.25, 0.3) is 0 Å². The first-order valence-corrected chi connectivity index (χ1v) is 10.6. The number of anilines is 1. The van der Waals surface area contributed by atoms with Gasteiger partial charge in [0.1, 0.15) is 0 Å². The Hall–Kier alpha value is -3.05. The van der Waals surface area contributed by atoms with Crippen LogP contribution in [0.3, 0.4) is 0 Å².